The predicted molar refractivity (Wildman–Crippen MR) is 95.5 cm³/mol. The van der Waals surface area contributed by atoms with Crippen LogP contribution in [-0.2, 0) is 4.74 Å². The number of aryl methyl sites for hydroxylation is 2. The van der Waals surface area contributed by atoms with Crippen LogP contribution in [0.5, 0.6) is 0 Å². The average molecular weight is 353 g/mol. The summed E-state index contributed by atoms with van der Waals surface area (Å²) in [5, 5.41) is 4.16. The standard InChI is InChI=1S/C17H28N4O2S/c1-12(16-13(2)24-14(3)19-16)18-17(22)21-6-4-15(5-7-21)20-8-10-23-11-9-20/h12,15H,4-11H2,1-3H3,(H,18,22)/t12-/m0/s1. The maximum Gasteiger partial charge on any atom is 0.317 e. The third-order valence-electron chi connectivity index (χ3n) is 5.00. The van der Waals surface area contributed by atoms with Crippen molar-refractivity contribution in [1.82, 2.24) is 20.1 Å². The summed E-state index contributed by atoms with van der Waals surface area (Å²) in [6, 6.07) is 0.589. The molecule has 0 aliphatic carbocycles. The molecule has 1 aromatic rings. The number of carbonyl (C=O) groups excluding carboxylic acids is 1. The van der Waals surface area contributed by atoms with E-state index in [-0.39, 0.29) is 12.1 Å². The van der Waals surface area contributed by atoms with Crippen molar-refractivity contribution in [2.75, 3.05) is 39.4 Å². The number of rotatable bonds is 3. The van der Waals surface area contributed by atoms with Gasteiger partial charge in [-0.05, 0) is 33.6 Å². The van der Waals surface area contributed by atoms with Crippen LogP contribution in [0.25, 0.3) is 0 Å². The average Bonchev–Trinajstić information content (AvgIpc) is 2.94. The van der Waals surface area contributed by atoms with Crippen molar-refractivity contribution in [2.24, 2.45) is 0 Å². The minimum Gasteiger partial charge on any atom is -0.379 e. The lowest BCUT2D eigenvalue weighted by molar-refractivity contribution is 0.00374. The highest BCUT2D eigenvalue weighted by molar-refractivity contribution is 7.11. The van der Waals surface area contributed by atoms with E-state index in [0.29, 0.717) is 6.04 Å². The van der Waals surface area contributed by atoms with E-state index in [0.717, 1.165) is 62.9 Å². The molecule has 2 amide bonds. The number of nitrogens with one attached hydrogen (secondary N) is 1. The fraction of sp³-hybridized carbons (Fsp3) is 0.765. The van der Waals surface area contributed by atoms with Gasteiger partial charge in [0.1, 0.15) is 0 Å². The molecule has 0 aromatic carbocycles. The van der Waals surface area contributed by atoms with E-state index in [4.69, 9.17) is 4.74 Å². The van der Waals surface area contributed by atoms with Gasteiger partial charge in [-0.15, -0.1) is 11.3 Å². The van der Waals surface area contributed by atoms with Gasteiger partial charge in [0.2, 0.25) is 0 Å². The van der Waals surface area contributed by atoms with Crippen LogP contribution in [0.2, 0.25) is 0 Å². The highest BCUT2D eigenvalue weighted by atomic mass is 32.1. The zero-order valence-electron chi connectivity index (χ0n) is 14.9. The lowest BCUT2D eigenvalue weighted by Crippen LogP contribution is -2.52. The molecule has 134 valence electrons. The van der Waals surface area contributed by atoms with Gasteiger partial charge in [-0.1, -0.05) is 0 Å². The van der Waals surface area contributed by atoms with Crippen molar-refractivity contribution in [3.8, 4) is 0 Å². The molecular formula is C17H28N4O2S. The zero-order chi connectivity index (χ0) is 17.1. The lowest BCUT2D eigenvalue weighted by Gasteiger charge is -2.40. The van der Waals surface area contributed by atoms with Crippen LogP contribution >= 0.6 is 11.3 Å². The number of aromatic nitrogens is 1. The smallest absolute Gasteiger partial charge is 0.317 e. The van der Waals surface area contributed by atoms with Gasteiger partial charge < -0.3 is 15.0 Å². The molecule has 3 rings (SSSR count). The molecule has 0 radical (unpaired) electrons. The van der Waals surface area contributed by atoms with Crippen molar-refractivity contribution in [3.05, 3.63) is 15.6 Å². The second-order valence-electron chi connectivity index (χ2n) is 6.71. The normalized spacial score (nSPS) is 21.7. The van der Waals surface area contributed by atoms with E-state index < -0.39 is 0 Å². The summed E-state index contributed by atoms with van der Waals surface area (Å²) < 4.78 is 5.43. The maximum atomic E-state index is 12.5. The third-order valence-corrected chi connectivity index (χ3v) is 5.91. The summed E-state index contributed by atoms with van der Waals surface area (Å²) in [5.41, 5.74) is 0.994. The van der Waals surface area contributed by atoms with Crippen molar-refractivity contribution in [1.29, 1.82) is 0 Å². The summed E-state index contributed by atoms with van der Waals surface area (Å²) in [5.74, 6) is 0. The summed E-state index contributed by atoms with van der Waals surface area (Å²) in [4.78, 5) is 22.7. The topological polar surface area (TPSA) is 57.7 Å². The van der Waals surface area contributed by atoms with E-state index in [1.165, 1.54) is 4.88 Å². The Bertz CT molecular complexity index is 563. The SMILES string of the molecule is Cc1nc([C@H](C)NC(=O)N2CCC(N3CCOCC3)CC2)c(C)s1. The summed E-state index contributed by atoms with van der Waals surface area (Å²) in [7, 11) is 0. The second kappa shape index (κ2) is 7.80. The molecule has 0 bridgehead atoms. The Morgan fingerprint density at radius 2 is 1.92 bits per heavy atom. The molecule has 3 heterocycles. The Morgan fingerprint density at radius 3 is 2.50 bits per heavy atom. The second-order valence-corrected chi connectivity index (χ2v) is 8.12. The number of morpholine rings is 1. The Kier molecular flexibility index (Phi) is 5.73. The lowest BCUT2D eigenvalue weighted by atomic mass is 10.0. The molecule has 24 heavy (non-hydrogen) atoms. The van der Waals surface area contributed by atoms with E-state index >= 15 is 0 Å². The number of hydrogen-bond acceptors (Lipinski definition) is 5. The van der Waals surface area contributed by atoms with Gasteiger partial charge in [0, 0.05) is 37.1 Å². The van der Waals surface area contributed by atoms with E-state index in [1.54, 1.807) is 11.3 Å². The summed E-state index contributed by atoms with van der Waals surface area (Å²) in [6.45, 7) is 11.5. The van der Waals surface area contributed by atoms with Crippen molar-refractivity contribution in [2.45, 2.75) is 45.7 Å². The van der Waals surface area contributed by atoms with E-state index in [1.807, 2.05) is 18.7 Å². The first kappa shape index (κ1) is 17.6. The molecule has 2 fully saturated rings. The van der Waals surface area contributed by atoms with Crippen LogP contribution in [0, 0.1) is 13.8 Å². The Balaban J connectivity index is 1.49. The Labute approximate surface area is 148 Å². The molecule has 2 aliphatic rings. The largest absolute Gasteiger partial charge is 0.379 e. The van der Waals surface area contributed by atoms with Gasteiger partial charge in [0.05, 0.1) is 30.0 Å². The number of nitrogens with zero attached hydrogens (tertiary/aromatic N) is 3. The highest BCUT2D eigenvalue weighted by Gasteiger charge is 2.28. The van der Waals surface area contributed by atoms with Crippen molar-refractivity contribution >= 4 is 17.4 Å². The fourth-order valence-electron chi connectivity index (χ4n) is 3.67. The number of ether oxygens (including phenoxy) is 1. The Hall–Kier alpha value is -1.18. The molecule has 1 aromatic heterocycles. The molecule has 7 heteroatoms. The predicted octanol–water partition coefficient (Wildman–Crippen LogP) is 2.33. The number of amides is 2. The molecule has 0 unspecified atom stereocenters. The number of piperidine rings is 1. The first-order valence-electron chi connectivity index (χ1n) is 8.85. The minimum absolute atomic E-state index is 0.0352. The van der Waals surface area contributed by atoms with Crippen LogP contribution in [0.4, 0.5) is 4.79 Å². The molecule has 2 aliphatic heterocycles. The molecular weight excluding hydrogens is 324 g/mol. The molecule has 0 spiro atoms. The molecule has 2 saturated heterocycles. The van der Waals surface area contributed by atoms with Gasteiger partial charge in [-0.2, -0.15) is 0 Å². The van der Waals surface area contributed by atoms with Crippen molar-refractivity contribution < 1.29 is 9.53 Å². The number of hydrogen-bond donors (Lipinski definition) is 1. The highest BCUT2D eigenvalue weighted by Crippen LogP contribution is 2.23. The molecule has 0 saturated carbocycles. The Morgan fingerprint density at radius 1 is 1.25 bits per heavy atom. The molecule has 1 N–H and O–H groups in total. The third kappa shape index (κ3) is 4.07. The first-order chi connectivity index (χ1) is 11.5. The van der Waals surface area contributed by atoms with Gasteiger partial charge >= 0.3 is 6.03 Å². The summed E-state index contributed by atoms with van der Waals surface area (Å²) >= 11 is 1.68. The quantitative estimate of drug-likeness (QED) is 0.907. The van der Waals surface area contributed by atoms with E-state index in [9.17, 15) is 4.79 Å². The van der Waals surface area contributed by atoms with Crippen LogP contribution < -0.4 is 5.32 Å². The molecule has 6 nitrogen and oxygen atoms in total. The van der Waals surface area contributed by atoms with Crippen LogP contribution in [0.1, 0.15) is 41.4 Å². The maximum absolute atomic E-state index is 12.5. The fourth-order valence-corrected chi connectivity index (χ4v) is 4.58. The van der Waals surface area contributed by atoms with Crippen molar-refractivity contribution in [3.63, 3.8) is 0 Å². The monoisotopic (exact) mass is 352 g/mol. The van der Waals surface area contributed by atoms with Crippen LogP contribution in [0.15, 0.2) is 0 Å². The van der Waals surface area contributed by atoms with E-state index in [2.05, 4.69) is 22.1 Å². The van der Waals surface area contributed by atoms with Gasteiger partial charge in [0.15, 0.2) is 0 Å². The zero-order valence-corrected chi connectivity index (χ0v) is 15.7. The van der Waals surface area contributed by atoms with Gasteiger partial charge in [-0.25, -0.2) is 9.78 Å². The number of likely N-dealkylation sites (tertiary alicyclic amines) is 1. The van der Waals surface area contributed by atoms with Crippen LogP contribution in [-0.4, -0.2) is 66.2 Å². The minimum atomic E-state index is -0.0422. The molecule has 1 atom stereocenters. The van der Waals surface area contributed by atoms with Gasteiger partial charge in [-0.3, -0.25) is 4.90 Å². The number of carbonyl (C=O) groups is 1. The number of urea groups is 1. The van der Waals surface area contributed by atoms with Gasteiger partial charge in [0.25, 0.3) is 0 Å². The first-order valence-corrected chi connectivity index (χ1v) is 9.67. The number of thiazole rings is 1. The summed E-state index contributed by atoms with van der Waals surface area (Å²) in [6.07, 6.45) is 2.10. The van der Waals surface area contributed by atoms with Crippen LogP contribution in [0.3, 0.4) is 0 Å².